The molecule has 0 spiro atoms. The molecule has 0 aliphatic carbocycles. The molecule has 0 bridgehead atoms. The van der Waals surface area contributed by atoms with Crippen LogP contribution in [0, 0.1) is 11.3 Å². The third kappa shape index (κ3) is 3.23. The van der Waals surface area contributed by atoms with Crippen molar-refractivity contribution >= 4 is 5.82 Å². The van der Waals surface area contributed by atoms with Gasteiger partial charge in [-0.3, -0.25) is 0 Å². The van der Waals surface area contributed by atoms with Gasteiger partial charge >= 0.3 is 6.18 Å². The van der Waals surface area contributed by atoms with Gasteiger partial charge in [0.1, 0.15) is 6.07 Å². The van der Waals surface area contributed by atoms with Gasteiger partial charge < -0.3 is 5.32 Å². The highest BCUT2D eigenvalue weighted by atomic mass is 19.4. The molecule has 0 amide bonds. The summed E-state index contributed by atoms with van der Waals surface area (Å²) in [5.74, 6) is 0.301. The van der Waals surface area contributed by atoms with Crippen molar-refractivity contribution in [2.45, 2.75) is 12.7 Å². The lowest BCUT2D eigenvalue weighted by molar-refractivity contribution is -0.137. The molecule has 0 saturated carbocycles. The molecule has 0 aliphatic rings. The maximum absolute atomic E-state index is 12.4. The van der Waals surface area contributed by atoms with Crippen molar-refractivity contribution in [3.05, 3.63) is 53.5 Å². The zero-order chi connectivity index (χ0) is 14.6. The summed E-state index contributed by atoms with van der Waals surface area (Å²) in [4.78, 5) is 7.77. The van der Waals surface area contributed by atoms with E-state index in [2.05, 4.69) is 15.3 Å². The van der Waals surface area contributed by atoms with Crippen molar-refractivity contribution in [2.24, 2.45) is 0 Å². The molecule has 2 aromatic rings. The fourth-order valence-electron chi connectivity index (χ4n) is 1.55. The monoisotopic (exact) mass is 278 g/mol. The van der Waals surface area contributed by atoms with Crippen molar-refractivity contribution in [2.75, 3.05) is 5.32 Å². The van der Waals surface area contributed by atoms with E-state index in [0.717, 1.165) is 12.1 Å². The second kappa shape index (κ2) is 5.57. The Kier molecular flexibility index (Phi) is 3.84. The molecule has 102 valence electrons. The summed E-state index contributed by atoms with van der Waals surface area (Å²) in [6.07, 6.45) is -1.53. The molecule has 1 heterocycles. The number of hydrogen-bond donors (Lipinski definition) is 1. The summed E-state index contributed by atoms with van der Waals surface area (Å²) in [5, 5.41) is 11.7. The summed E-state index contributed by atoms with van der Waals surface area (Å²) in [7, 11) is 0. The van der Waals surface area contributed by atoms with Crippen molar-refractivity contribution in [1.29, 1.82) is 5.26 Å². The second-order valence-electron chi connectivity index (χ2n) is 3.91. The van der Waals surface area contributed by atoms with Crippen LogP contribution in [-0.2, 0) is 12.7 Å². The number of anilines is 1. The lowest BCUT2D eigenvalue weighted by Crippen LogP contribution is -2.07. The number of hydrogen-bond acceptors (Lipinski definition) is 4. The highest BCUT2D eigenvalue weighted by molar-refractivity contribution is 5.47. The van der Waals surface area contributed by atoms with Gasteiger partial charge in [0, 0.05) is 18.9 Å². The summed E-state index contributed by atoms with van der Waals surface area (Å²) in [5.41, 5.74) is 0.0884. The van der Waals surface area contributed by atoms with E-state index in [1.165, 1.54) is 24.5 Å². The number of alkyl halides is 3. The van der Waals surface area contributed by atoms with Crippen LogP contribution in [0.1, 0.15) is 16.8 Å². The van der Waals surface area contributed by atoms with Crippen molar-refractivity contribution in [1.82, 2.24) is 9.97 Å². The maximum atomic E-state index is 12.4. The summed E-state index contributed by atoms with van der Waals surface area (Å²) in [6.45, 7) is 0.255. The van der Waals surface area contributed by atoms with E-state index in [0.29, 0.717) is 11.4 Å². The first-order valence-electron chi connectivity index (χ1n) is 5.62. The van der Waals surface area contributed by atoms with Gasteiger partial charge in [-0.2, -0.15) is 18.4 Å². The molecule has 0 aliphatic heterocycles. The highest BCUT2D eigenvalue weighted by Gasteiger charge is 2.29. The molecule has 2 rings (SSSR count). The lowest BCUT2D eigenvalue weighted by Gasteiger charge is -2.09. The molecule has 0 atom stereocenters. The van der Waals surface area contributed by atoms with E-state index >= 15 is 0 Å². The van der Waals surface area contributed by atoms with Gasteiger partial charge in [0.15, 0.2) is 11.5 Å². The highest BCUT2D eigenvalue weighted by Crippen LogP contribution is 2.29. The molecular weight excluding hydrogens is 269 g/mol. The zero-order valence-electron chi connectivity index (χ0n) is 10.1. The van der Waals surface area contributed by atoms with Gasteiger partial charge in [-0.1, -0.05) is 12.1 Å². The average molecular weight is 278 g/mol. The number of benzene rings is 1. The van der Waals surface area contributed by atoms with Gasteiger partial charge in [-0.15, -0.1) is 0 Å². The van der Waals surface area contributed by atoms with Crippen LogP contribution >= 0.6 is 0 Å². The first-order valence-corrected chi connectivity index (χ1v) is 5.62. The molecule has 1 aromatic heterocycles. The van der Waals surface area contributed by atoms with E-state index in [4.69, 9.17) is 5.26 Å². The van der Waals surface area contributed by atoms with Gasteiger partial charge in [-0.05, 0) is 17.7 Å². The van der Waals surface area contributed by atoms with Crippen LogP contribution in [0.5, 0.6) is 0 Å². The Morgan fingerprint density at radius 2 is 1.75 bits per heavy atom. The van der Waals surface area contributed by atoms with E-state index in [1.807, 2.05) is 6.07 Å². The van der Waals surface area contributed by atoms with Gasteiger partial charge in [0.25, 0.3) is 0 Å². The SMILES string of the molecule is N#Cc1nccnc1NCc1ccc(C(F)(F)F)cc1. The molecule has 20 heavy (non-hydrogen) atoms. The molecule has 4 nitrogen and oxygen atoms in total. The van der Waals surface area contributed by atoms with E-state index < -0.39 is 11.7 Å². The minimum atomic E-state index is -4.34. The molecule has 0 unspecified atom stereocenters. The van der Waals surface area contributed by atoms with E-state index in [9.17, 15) is 13.2 Å². The Hall–Kier alpha value is -2.62. The van der Waals surface area contributed by atoms with Crippen molar-refractivity contribution < 1.29 is 13.2 Å². The minimum absolute atomic E-state index is 0.138. The lowest BCUT2D eigenvalue weighted by atomic mass is 10.1. The van der Waals surface area contributed by atoms with Gasteiger partial charge in [-0.25, -0.2) is 9.97 Å². The number of halogens is 3. The Labute approximate surface area is 112 Å². The van der Waals surface area contributed by atoms with Gasteiger partial charge in [0.05, 0.1) is 5.56 Å². The molecule has 1 aromatic carbocycles. The van der Waals surface area contributed by atoms with Crippen LogP contribution in [0.25, 0.3) is 0 Å². The van der Waals surface area contributed by atoms with Crippen LogP contribution in [0.15, 0.2) is 36.7 Å². The topological polar surface area (TPSA) is 61.6 Å². The molecule has 7 heteroatoms. The van der Waals surface area contributed by atoms with Crippen LogP contribution in [0.3, 0.4) is 0 Å². The molecule has 0 saturated heterocycles. The normalized spacial score (nSPS) is 10.9. The summed E-state index contributed by atoms with van der Waals surface area (Å²) in [6, 6.07) is 6.65. The Morgan fingerprint density at radius 3 is 2.35 bits per heavy atom. The van der Waals surface area contributed by atoms with Crippen LogP contribution in [0.2, 0.25) is 0 Å². The number of rotatable bonds is 3. The molecule has 0 fully saturated rings. The predicted octanol–water partition coefficient (Wildman–Crippen LogP) is 2.98. The molecule has 0 radical (unpaired) electrons. The van der Waals surface area contributed by atoms with Crippen molar-refractivity contribution in [3.8, 4) is 6.07 Å². The number of nitrogens with zero attached hydrogens (tertiary/aromatic N) is 3. The van der Waals surface area contributed by atoms with Crippen LogP contribution in [0.4, 0.5) is 19.0 Å². The first kappa shape index (κ1) is 13.8. The fraction of sp³-hybridized carbons (Fsp3) is 0.154. The standard InChI is InChI=1S/C13H9F3N4/c14-13(15,16)10-3-1-9(2-4-10)8-20-12-11(7-17)18-5-6-19-12/h1-6H,8H2,(H,19,20). The number of nitrogens with one attached hydrogen (secondary N) is 1. The second-order valence-corrected chi connectivity index (χ2v) is 3.91. The predicted molar refractivity (Wildman–Crippen MR) is 65.5 cm³/mol. The summed E-state index contributed by atoms with van der Waals surface area (Å²) < 4.78 is 37.2. The zero-order valence-corrected chi connectivity index (χ0v) is 10.1. The Morgan fingerprint density at radius 1 is 1.10 bits per heavy atom. The smallest absolute Gasteiger partial charge is 0.364 e. The third-order valence-corrected chi connectivity index (χ3v) is 2.55. The largest absolute Gasteiger partial charge is 0.416 e. The summed E-state index contributed by atoms with van der Waals surface area (Å²) >= 11 is 0. The number of aromatic nitrogens is 2. The van der Waals surface area contributed by atoms with Crippen molar-refractivity contribution in [3.63, 3.8) is 0 Å². The van der Waals surface area contributed by atoms with Crippen LogP contribution in [-0.4, -0.2) is 9.97 Å². The minimum Gasteiger partial charge on any atom is -0.364 e. The fourth-order valence-corrected chi connectivity index (χ4v) is 1.55. The Balaban J connectivity index is 2.07. The Bertz CT molecular complexity index is 629. The molecular formula is C13H9F3N4. The maximum Gasteiger partial charge on any atom is 0.416 e. The quantitative estimate of drug-likeness (QED) is 0.937. The molecule has 1 N–H and O–H groups in total. The van der Waals surface area contributed by atoms with E-state index in [1.54, 1.807) is 0 Å². The van der Waals surface area contributed by atoms with Crippen LogP contribution < -0.4 is 5.32 Å². The third-order valence-electron chi connectivity index (χ3n) is 2.55. The first-order chi connectivity index (χ1) is 9.50. The van der Waals surface area contributed by atoms with Gasteiger partial charge in [0.2, 0.25) is 0 Å². The average Bonchev–Trinajstić information content (AvgIpc) is 2.45. The van der Waals surface area contributed by atoms with E-state index in [-0.39, 0.29) is 12.2 Å². The number of nitriles is 1.